The average Bonchev–Trinajstić information content (AvgIpc) is 3.12. The van der Waals surface area contributed by atoms with Gasteiger partial charge >= 0.3 is 0 Å². The van der Waals surface area contributed by atoms with Crippen molar-refractivity contribution < 1.29 is 18.7 Å². The van der Waals surface area contributed by atoms with Crippen LogP contribution in [0.4, 0.5) is 4.39 Å². The summed E-state index contributed by atoms with van der Waals surface area (Å²) in [6.07, 6.45) is 2.14. The maximum atomic E-state index is 13.3. The van der Waals surface area contributed by atoms with E-state index in [-0.39, 0.29) is 11.8 Å². The zero-order valence-electron chi connectivity index (χ0n) is 15.2. The van der Waals surface area contributed by atoms with E-state index in [9.17, 15) is 19.2 Å². The lowest BCUT2D eigenvalue weighted by atomic mass is 10.0. The van der Waals surface area contributed by atoms with Crippen LogP contribution in [0.2, 0.25) is 0 Å². The summed E-state index contributed by atoms with van der Waals surface area (Å²) in [4.78, 5) is 24.6. The molecule has 27 heavy (non-hydrogen) atoms. The lowest BCUT2D eigenvalue weighted by Crippen LogP contribution is -2.35. The average molecular weight is 372 g/mol. The van der Waals surface area contributed by atoms with Gasteiger partial charge in [-0.2, -0.15) is 10.4 Å². The van der Waals surface area contributed by atoms with Crippen molar-refractivity contribution in [2.24, 2.45) is 5.92 Å². The van der Waals surface area contributed by atoms with Crippen LogP contribution >= 0.6 is 0 Å². The number of halogens is 1. The molecule has 1 aromatic heterocycles. The molecule has 0 spiro atoms. The van der Waals surface area contributed by atoms with Crippen molar-refractivity contribution in [3.8, 4) is 11.8 Å². The van der Waals surface area contributed by atoms with Crippen LogP contribution in [-0.4, -0.2) is 40.7 Å². The van der Waals surface area contributed by atoms with Crippen molar-refractivity contribution in [2.45, 2.75) is 26.4 Å². The molecule has 0 bridgehead atoms. The molecule has 2 aromatic rings. The van der Waals surface area contributed by atoms with Gasteiger partial charge in [-0.15, -0.1) is 0 Å². The van der Waals surface area contributed by atoms with Crippen LogP contribution in [0.1, 0.15) is 30.8 Å². The Hall–Kier alpha value is -3.05. The van der Waals surface area contributed by atoms with Gasteiger partial charge in [0.15, 0.2) is 5.92 Å². The Kier molecular flexibility index (Phi) is 7.20. The van der Waals surface area contributed by atoms with Crippen LogP contribution in [0.5, 0.6) is 0 Å². The van der Waals surface area contributed by atoms with Gasteiger partial charge in [0.25, 0.3) is 0 Å². The van der Waals surface area contributed by atoms with E-state index in [0.29, 0.717) is 25.3 Å². The van der Waals surface area contributed by atoms with Crippen LogP contribution in [0.3, 0.4) is 0 Å². The zero-order valence-corrected chi connectivity index (χ0v) is 15.2. The number of benzene rings is 1. The smallest absolute Gasteiger partial charge is 0.245 e. The lowest BCUT2D eigenvalue weighted by Gasteiger charge is -2.10. The summed E-state index contributed by atoms with van der Waals surface area (Å²) in [5, 5.41) is 15.8. The van der Waals surface area contributed by atoms with Crippen molar-refractivity contribution in [3.05, 3.63) is 48.0 Å². The number of nitriles is 1. The second kappa shape index (κ2) is 9.59. The number of carbonyl (C=O) groups is 2. The van der Waals surface area contributed by atoms with Gasteiger partial charge in [0, 0.05) is 19.3 Å². The van der Waals surface area contributed by atoms with E-state index >= 15 is 0 Å². The Bertz CT molecular complexity index is 841. The predicted octanol–water partition coefficient (Wildman–Crippen LogP) is 2.27. The Morgan fingerprint density at radius 3 is 2.81 bits per heavy atom. The molecule has 1 amide bonds. The zero-order chi connectivity index (χ0) is 19.8. The van der Waals surface area contributed by atoms with Gasteiger partial charge in [0.1, 0.15) is 11.5 Å². The minimum atomic E-state index is -1.49. The molecule has 1 atom stereocenters. The molecule has 7 nitrogen and oxygen atoms in total. The van der Waals surface area contributed by atoms with Gasteiger partial charge in [-0.25, -0.2) is 9.07 Å². The molecule has 1 heterocycles. The van der Waals surface area contributed by atoms with E-state index in [0.717, 1.165) is 0 Å². The fourth-order valence-electron chi connectivity index (χ4n) is 2.31. The first-order valence-corrected chi connectivity index (χ1v) is 8.57. The third kappa shape index (κ3) is 5.72. The van der Waals surface area contributed by atoms with Gasteiger partial charge in [0.05, 0.1) is 17.9 Å². The highest BCUT2D eigenvalue weighted by Gasteiger charge is 2.29. The first-order valence-electron chi connectivity index (χ1n) is 8.57. The van der Waals surface area contributed by atoms with Gasteiger partial charge in [-0.05, 0) is 44.5 Å². The topological polar surface area (TPSA) is 97.0 Å². The third-order valence-electron chi connectivity index (χ3n) is 3.64. The van der Waals surface area contributed by atoms with Crippen molar-refractivity contribution in [2.75, 3.05) is 13.2 Å². The van der Waals surface area contributed by atoms with Crippen LogP contribution in [0.25, 0.3) is 5.69 Å². The summed E-state index contributed by atoms with van der Waals surface area (Å²) in [7, 11) is 0. The Balaban J connectivity index is 1.98. The largest absolute Gasteiger partial charge is 0.379 e. The standard InChI is InChI=1S/C19H21FN4O3/c1-13(2)27-10-4-8-22-19(26)16(12-21)18(25)17-7-9-24(23-17)15-6-3-5-14(20)11-15/h3,5-7,9,11,13,16H,4,8,10H2,1-2H3,(H,22,26). The number of carbonyl (C=O) groups excluding carboxylic acids is 2. The molecular formula is C19H21FN4O3. The minimum absolute atomic E-state index is 0.0379. The van der Waals surface area contributed by atoms with E-state index in [1.54, 1.807) is 12.1 Å². The number of ketones is 1. The molecule has 8 heteroatoms. The van der Waals surface area contributed by atoms with Gasteiger partial charge in [0.2, 0.25) is 11.7 Å². The van der Waals surface area contributed by atoms with Crippen molar-refractivity contribution in [1.29, 1.82) is 5.26 Å². The number of Topliss-reactive ketones (excluding diaryl/α,β-unsaturated/α-hetero) is 1. The Morgan fingerprint density at radius 1 is 1.37 bits per heavy atom. The highest BCUT2D eigenvalue weighted by atomic mass is 19.1. The Morgan fingerprint density at radius 2 is 2.15 bits per heavy atom. The summed E-state index contributed by atoms with van der Waals surface area (Å²) in [5.74, 6) is -3.31. The number of nitrogens with one attached hydrogen (secondary N) is 1. The van der Waals surface area contributed by atoms with Crippen LogP contribution in [-0.2, 0) is 9.53 Å². The summed E-state index contributed by atoms with van der Waals surface area (Å²) in [6.45, 7) is 4.59. The number of aromatic nitrogens is 2. The number of rotatable bonds is 9. The van der Waals surface area contributed by atoms with E-state index in [1.165, 1.54) is 35.1 Å². The van der Waals surface area contributed by atoms with Crippen LogP contribution in [0.15, 0.2) is 36.5 Å². The number of hydrogen-bond acceptors (Lipinski definition) is 5. The van der Waals surface area contributed by atoms with E-state index < -0.39 is 23.4 Å². The number of nitrogens with zero attached hydrogens (tertiary/aromatic N) is 3. The van der Waals surface area contributed by atoms with Crippen LogP contribution in [0, 0.1) is 23.1 Å². The minimum Gasteiger partial charge on any atom is -0.379 e. The van der Waals surface area contributed by atoms with Gasteiger partial charge in [-0.3, -0.25) is 9.59 Å². The van der Waals surface area contributed by atoms with Crippen molar-refractivity contribution >= 4 is 11.7 Å². The maximum Gasteiger partial charge on any atom is 0.245 e. The molecule has 0 fully saturated rings. The summed E-state index contributed by atoms with van der Waals surface area (Å²) in [6, 6.07) is 8.80. The molecule has 142 valence electrons. The summed E-state index contributed by atoms with van der Waals surface area (Å²) < 4.78 is 20.0. The maximum absolute atomic E-state index is 13.3. The molecule has 1 unspecified atom stereocenters. The first-order chi connectivity index (χ1) is 12.9. The molecule has 1 aromatic carbocycles. The fraction of sp³-hybridized carbons (Fsp3) is 0.368. The van der Waals surface area contributed by atoms with Gasteiger partial charge < -0.3 is 10.1 Å². The SMILES string of the molecule is CC(C)OCCCNC(=O)C(C#N)C(=O)c1ccn(-c2cccc(F)c2)n1. The molecule has 0 aliphatic rings. The van der Waals surface area contributed by atoms with Crippen molar-refractivity contribution in [3.63, 3.8) is 0 Å². The molecule has 0 aliphatic heterocycles. The molecule has 0 radical (unpaired) electrons. The monoisotopic (exact) mass is 372 g/mol. The molecule has 0 saturated carbocycles. The van der Waals surface area contributed by atoms with Crippen molar-refractivity contribution in [1.82, 2.24) is 15.1 Å². The summed E-state index contributed by atoms with van der Waals surface area (Å²) >= 11 is 0. The highest BCUT2D eigenvalue weighted by Crippen LogP contribution is 2.12. The predicted molar refractivity (Wildman–Crippen MR) is 95.7 cm³/mol. The molecule has 0 aliphatic carbocycles. The fourth-order valence-corrected chi connectivity index (χ4v) is 2.31. The van der Waals surface area contributed by atoms with E-state index in [2.05, 4.69) is 10.4 Å². The second-order valence-corrected chi connectivity index (χ2v) is 6.12. The molecular weight excluding hydrogens is 351 g/mol. The first kappa shape index (κ1) is 20.3. The Labute approximate surface area is 156 Å². The third-order valence-corrected chi connectivity index (χ3v) is 3.64. The van der Waals surface area contributed by atoms with Crippen LogP contribution < -0.4 is 5.32 Å². The number of ether oxygens (including phenoxy) is 1. The quantitative estimate of drug-likeness (QED) is 0.414. The highest BCUT2D eigenvalue weighted by molar-refractivity contribution is 6.11. The van der Waals surface area contributed by atoms with E-state index in [1.807, 2.05) is 13.8 Å². The molecule has 0 saturated heterocycles. The number of amides is 1. The number of hydrogen-bond donors (Lipinski definition) is 1. The molecule has 1 N–H and O–H groups in total. The second-order valence-electron chi connectivity index (χ2n) is 6.12. The van der Waals surface area contributed by atoms with E-state index in [4.69, 9.17) is 4.74 Å². The normalized spacial score (nSPS) is 11.8. The lowest BCUT2D eigenvalue weighted by molar-refractivity contribution is -0.122. The van der Waals surface area contributed by atoms with Gasteiger partial charge in [-0.1, -0.05) is 6.07 Å². The molecule has 2 rings (SSSR count). The summed E-state index contributed by atoms with van der Waals surface area (Å²) in [5.41, 5.74) is 0.390.